The van der Waals surface area contributed by atoms with Crippen LogP contribution in [-0.2, 0) is 10.0 Å². The maximum atomic E-state index is 12.1. The molecule has 1 fully saturated rings. The van der Waals surface area contributed by atoms with Crippen molar-refractivity contribution in [2.24, 2.45) is 11.8 Å². The van der Waals surface area contributed by atoms with Crippen molar-refractivity contribution in [2.75, 3.05) is 6.54 Å². The maximum absolute atomic E-state index is 12.1. The number of halogens is 1. The maximum Gasteiger partial charge on any atom is 0.266 e. The van der Waals surface area contributed by atoms with Gasteiger partial charge in [-0.05, 0) is 24.3 Å². The molecule has 0 aliphatic heterocycles. The van der Waals surface area contributed by atoms with Crippen LogP contribution in [0.3, 0.4) is 0 Å². The number of hydrogen-bond acceptors (Lipinski definition) is 3. The molecule has 19 heavy (non-hydrogen) atoms. The fourth-order valence-electron chi connectivity index (χ4n) is 2.42. The van der Waals surface area contributed by atoms with Gasteiger partial charge in [0.2, 0.25) is 10.0 Å². The molecule has 1 aromatic rings. The molecule has 106 valence electrons. The van der Waals surface area contributed by atoms with E-state index in [2.05, 4.69) is 16.6 Å². The summed E-state index contributed by atoms with van der Waals surface area (Å²) in [6.45, 7) is 2.57. The van der Waals surface area contributed by atoms with Crippen LogP contribution in [0.4, 0.5) is 0 Å². The molecule has 0 spiro atoms. The molecule has 5 nitrogen and oxygen atoms in total. The Hall–Kier alpha value is -0.850. The fourth-order valence-corrected chi connectivity index (χ4v) is 3.74. The number of H-pyrrole nitrogens is 1. The summed E-state index contributed by atoms with van der Waals surface area (Å²) in [4.78, 5) is 13.4. The first-order valence-corrected chi connectivity index (χ1v) is 8.14. The summed E-state index contributed by atoms with van der Waals surface area (Å²) in [5, 5.41) is -0.128. The molecule has 0 aromatic carbocycles. The Morgan fingerprint density at radius 2 is 2.21 bits per heavy atom. The van der Waals surface area contributed by atoms with Crippen molar-refractivity contribution in [3.05, 3.63) is 27.6 Å². The van der Waals surface area contributed by atoms with Crippen molar-refractivity contribution in [3.63, 3.8) is 0 Å². The van der Waals surface area contributed by atoms with E-state index in [1.807, 2.05) is 0 Å². The van der Waals surface area contributed by atoms with E-state index < -0.39 is 15.6 Å². The lowest BCUT2D eigenvalue weighted by molar-refractivity contribution is 0.414. The third-order valence-electron chi connectivity index (χ3n) is 3.72. The summed E-state index contributed by atoms with van der Waals surface area (Å²) < 4.78 is 26.7. The summed E-state index contributed by atoms with van der Waals surface area (Å²) in [5.74, 6) is 0.926. The third-order valence-corrected chi connectivity index (χ3v) is 5.40. The second kappa shape index (κ2) is 5.64. The molecule has 2 atom stereocenters. The Kier molecular flexibility index (Phi) is 4.32. The zero-order valence-corrected chi connectivity index (χ0v) is 12.2. The highest BCUT2D eigenvalue weighted by atomic mass is 35.5. The normalized spacial score (nSPS) is 23.7. The minimum absolute atomic E-state index is 0.0113. The van der Waals surface area contributed by atoms with Gasteiger partial charge in [0.25, 0.3) is 5.56 Å². The van der Waals surface area contributed by atoms with E-state index in [0.717, 1.165) is 25.5 Å². The van der Waals surface area contributed by atoms with Crippen molar-refractivity contribution in [1.29, 1.82) is 0 Å². The number of aromatic amines is 1. The highest BCUT2D eigenvalue weighted by Gasteiger charge is 2.25. The second-order valence-electron chi connectivity index (χ2n) is 5.03. The van der Waals surface area contributed by atoms with Crippen molar-refractivity contribution in [1.82, 2.24) is 9.71 Å². The number of rotatable bonds is 4. The van der Waals surface area contributed by atoms with Crippen LogP contribution in [0.15, 0.2) is 22.0 Å². The van der Waals surface area contributed by atoms with E-state index in [0.29, 0.717) is 18.4 Å². The molecule has 1 aromatic heterocycles. The minimum Gasteiger partial charge on any atom is -0.326 e. The molecule has 2 rings (SSSR count). The van der Waals surface area contributed by atoms with Gasteiger partial charge in [0.1, 0.15) is 5.02 Å². The van der Waals surface area contributed by atoms with E-state index in [1.165, 1.54) is 6.07 Å². The van der Waals surface area contributed by atoms with E-state index in [-0.39, 0.29) is 9.92 Å². The molecule has 2 N–H and O–H groups in total. The van der Waals surface area contributed by atoms with Gasteiger partial charge in [-0.25, -0.2) is 13.1 Å². The molecule has 0 saturated heterocycles. The number of nitrogens with one attached hydrogen (secondary N) is 2. The molecule has 0 amide bonds. The van der Waals surface area contributed by atoms with Gasteiger partial charge < -0.3 is 4.98 Å². The smallest absolute Gasteiger partial charge is 0.266 e. The van der Waals surface area contributed by atoms with Crippen LogP contribution >= 0.6 is 11.6 Å². The topological polar surface area (TPSA) is 79.0 Å². The van der Waals surface area contributed by atoms with E-state index in [4.69, 9.17) is 11.6 Å². The first-order valence-electron chi connectivity index (χ1n) is 6.28. The van der Waals surface area contributed by atoms with E-state index >= 15 is 0 Å². The summed E-state index contributed by atoms with van der Waals surface area (Å²) in [5.41, 5.74) is -0.495. The van der Waals surface area contributed by atoms with E-state index in [1.54, 1.807) is 0 Å². The third kappa shape index (κ3) is 3.38. The first kappa shape index (κ1) is 14.6. The Balaban J connectivity index is 2.09. The van der Waals surface area contributed by atoms with Crippen LogP contribution in [0.2, 0.25) is 5.02 Å². The molecule has 1 heterocycles. The van der Waals surface area contributed by atoms with Gasteiger partial charge >= 0.3 is 0 Å². The van der Waals surface area contributed by atoms with Crippen molar-refractivity contribution >= 4 is 21.6 Å². The van der Waals surface area contributed by atoms with Crippen LogP contribution in [-0.4, -0.2) is 19.9 Å². The predicted molar refractivity (Wildman–Crippen MR) is 73.8 cm³/mol. The summed E-state index contributed by atoms with van der Waals surface area (Å²) in [6, 6.07) is 1.17. The van der Waals surface area contributed by atoms with Gasteiger partial charge in [-0.2, -0.15) is 0 Å². The lowest BCUT2D eigenvalue weighted by Gasteiger charge is -2.16. The zero-order chi connectivity index (χ0) is 14.0. The highest BCUT2D eigenvalue weighted by molar-refractivity contribution is 7.89. The van der Waals surface area contributed by atoms with Crippen LogP contribution < -0.4 is 10.3 Å². The monoisotopic (exact) mass is 304 g/mol. The van der Waals surface area contributed by atoms with E-state index in [9.17, 15) is 13.2 Å². The van der Waals surface area contributed by atoms with Crippen LogP contribution in [0.25, 0.3) is 0 Å². The Morgan fingerprint density at radius 1 is 1.47 bits per heavy atom. The zero-order valence-electron chi connectivity index (χ0n) is 10.6. The van der Waals surface area contributed by atoms with Crippen LogP contribution in [0.5, 0.6) is 0 Å². The second-order valence-corrected chi connectivity index (χ2v) is 7.21. The Labute approximate surface area is 117 Å². The minimum atomic E-state index is -3.62. The molecule has 1 saturated carbocycles. The molecular weight excluding hydrogens is 288 g/mol. The molecule has 0 radical (unpaired) electrons. The average molecular weight is 305 g/mol. The van der Waals surface area contributed by atoms with Crippen molar-refractivity contribution in [2.45, 2.75) is 31.1 Å². The first-order chi connectivity index (χ1) is 8.90. The Morgan fingerprint density at radius 3 is 2.79 bits per heavy atom. The number of pyridine rings is 1. The van der Waals surface area contributed by atoms with Crippen LogP contribution in [0.1, 0.15) is 26.2 Å². The van der Waals surface area contributed by atoms with Gasteiger partial charge in [0, 0.05) is 12.7 Å². The van der Waals surface area contributed by atoms with Crippen LogP contribution in [0, 0.1) is 11.8 Å². The van der Waals surface area contributed by atoms with Crippen molar-refractivity contribution < 1.29 is 8.42 Å². The predicted octanol–water partition coefficient (Wildman–Crippen LogP) is 1.74. The lowest BCUT2D eigenvalue weighted by atomic mass is 9.99. The summed E-state index contributed by atoms with van der Waals surface area (Å²) in [7, 11) is -3.62. The molecule has 2 unspecified atom stereocenters. The molecule has 1 aliphatic carbocycles. The van der Waals surface area contributed by atoms with Crippen molar-refractivity contribution in [3.8, 4) is 0 Å². The Bertz CT molecular complexity index is 612. The van der Waals surface area contributed by atoms with Gasteiger partial charge in [-0.15, -0.1) is 0 Å². The highest BCUT2D eigenvalue weighted by Crippen LogP contribution is 2.30. The average Bonchev–Trinajstić information content (AvgIpc) is 2.76. The quantitative estimate of drug-likeness (QED) is 0.889. The van der Waals surface area contributed by atoms with Gasteiger partial charge in [0.05, 0.1) is 4.90 Å². The largest absolute Gasteiger partial charge is 0.326 e. The lowest BCUT2D eigenvalue weighted by Crippen LogP contribution is -2.30. The molecule has 0 bridgehead atoms. The van der Waals surface area contributed by atoms with Gasteiger partial charge in [-0.1, -0.05) is 31.4 Å². The number of hydrogen-bond donors (Lipinski definition) is 2. The fraction of sp³-hybridized carbons (Fsp3) is 0.583. The standard InChI is InChI=1S/C12H17ClN2O3S/c1-8-3-2-4-9(8)6-15-19(17,18)10-5-11(13)12(16)14-7-10/h5,7-9,15H,2-4,6H2,1H3,(H,14,16). The summed E-state index contributed by atoms with van der Waals surface area (Å²) >= 11 is 5.63. The van der Waals surface area contributed by atoms with Gasteiger partial charge in [0.15, 0.2) is 0 Å². The van der Waals surface area contributed by atoms with Gasteiger partial charge in [-0.3, -0.25) is 4.79 Å². The SMILES string of the molecule is CC1CCCC1CNS(=O)(=O)c1c[nH]c(=O)c(Cl)c1. The summed E-state index contributed by atoms with van der Waals surface area (Å²) in [6.07, 6.45) is 4.51. The molecular formula is C12H17ClN2O3S. The number of sulfonamides is 1. The number of aromatic nitrogens is 1. The molecule has 1 aliphatic rings. The molecule has 7 heteroatoms.